The molecule has 2 atom stereocenters. The lowest BCUT2D eigenvalue weighted by atomic mass is 9.91. The largest absolute Gasteiger partial charge is 0.443 e. The summed E-state index contributed by atoms with van der Waals surface area (Å²) in [4.78, 5) is 26.0. The highest BCUT2D eigenvalue weighted by atomic mass is 16.7. The van der Waals surface area contributed by atoms with Crippen LogP contribution < -0.4 is 0 Å². The van der Waals surface area contributed by atoms with Crippen LogP contribution in [-0.2, 0) is 19.0 Å². The number of imide groups is 1. The van der Waals surface area contributed by atoms with Crippen LogP contribution in [-0.4, -0.2) is 41.5 Å². The number of ether oxygens (including phenoxy) is 3. The fourth-order valence-electron chi connectivity index (χ4n) is 2.42. The van der Waals surface area contributed by atoms with E-state index in [4.69, 9.17) is 14.2 Å². The number of methoxy groups -OCH3 is 1. The van der Waals surface area contributed by atoms with Crippen molar-refractivity contribution in [2.45, 2.75) is 58.2 Å². The van der Waals surface area contributed by atoms with Gasteiger partial charge in [0.2, 0.25) is 0 Å². The van der Waals surface area contributed by atoms with Crippen molar-refractivity contribution in [2.75, 3.05) is 7.11 Å². The summed E-state index contributed by atoms with van der Waals surface area (Å²) >= 11 is 0. The Kier molecular flexibility index (Phi) is 5.01. The van der Waals surface area contributed by atoms with Crippen molar-refractivity contribution in [3.8, 4) is 0 Å². The van der Waals surface area contributed by atoms with Gasteiger partial charge in [-0.25, -0.2) is 9.69 Å². The quantitative estimate of drug-likeness (QED) is 0.624. The number of likely N-dealkylation sites (tertiary alicyclic amines) is 1. The van der Waals surface area contributed by atoms with E-state index < -0.39 is 35.5 Å². The average molecular weight is 335 g/mol. The zero-order chi connectivity index (χ0) is 18.1. The van der Waals surface area contributed by atoms with Crippen LogP contribution in [0.25, 0.3) is 0 Å². The second-order valence-electron chi connectivity index (χ2n) is 7.19. The third-order valence-electron chi connectivity index (χ3n) is 3.68. The lowest BCUT2D eigenvalue weighted by Crippen LogP contribution is -2.64. The van der Waals surface area contributed by atoms with Crippen LogP contribution in [0.2, 0.25) is 0 Å². The molecule has 0 aliphatic carbocycles. The third-order valence-corrected chi connectivity index (χ3v) is 3.68. The summed E-state index contributed by atoms with van der Waals surface area (Å²) in [6.45, 7) is 8.72. The Balaban J connectivity index is 2.28. The van der Waals surface area contributed by atoms with Gasteiger partial charge in [-0.1, -0.05) is 30.3 Å². The monoisotopic (exact) mass is 335 g/mol. The van der Waals surface area contributed by atoms with Gasteiger partial charge in [-0.3, -0.25) is 4.79 Å². The first kappa shape index (κ1) is 18.4. The SMILES string of the molecule is COC(C)(C)O[C@H]1C(=O)N(C(=O)OC(C)(C)C)[C@H]1c1ccccc1. The topological polar surface area (TPSA) is 65.1 Å². The third kappa shape index (κ3) is 3.94. The predicted octanol–water partition coefficient (Wildman–Crippen LogP) is 3.27. The molecule has 1 aromatic rings. The maximum Gasteiger partial charge on any atom is 0.417 e. The zero-order valence-electron chi connectivity index (χ0n) is 15.0. The summed E-state index contributed by atoms with van der Waals surface area (Å²) in [5.41, 5.74) is 0.121. The lowest BCUT2D eigenvalue weighted by molar-refractivity contribution is -0.252. The summed E-state index contributed by atoms with van der Waals surface area (Å²) in [6.07, 6.45) is -1.47. The summed E-state index contributed by atoms with van der Waals surface area (Å²) in [7, 11) is 1.51. The van der Waals surface area contributed by atoms with E-state index in [1.807, 2.05) is 30.3 Å². The molecule has 1 saturated heterocycles. The van der Waals surface area contributed by atoms with Crippen molar-refractivity contribution in [1.82, 2.24) is 4.90 Å². The van der Waals surface area contributed by atoms with Crippen molar-refractivity contribution >= 4 is 12.0 Å². The van der Waals surface area contributed by atoms with Gasteiger partial charge >= 0.3 is 6.09 Å². The molecule has 0 spiro atoms. The molecule has 0 aromatic heterocycles. The minimum Gasteiger partial charge on any atom is -0.443 e. The van der Waals surface area contributed by atoms with E-state index in [0.29, 0.717) is 0 Å². The molecule has 0 bridgehead atoms. The molecule has 1 aliphatic heterocycles. The average Bonchev–Trinajstić information content (AvgIpc) is 2.49. The fraction of sp³-hybridized carbons (Fsp3) is 0.556. The number of nitrogens with zero attached hydrogens (tertiary/aromatic N) is 1. The number of rotatable bonds is 4. The summed E-state index contributed by atoms with van der Waals surface area (Å²) in [5, 5.41) is 0. The minimum atomic E-state index is -0.937. The number of benzene rings is 1. The molecule has 2 rings (SSSR count). The van der Waals surface area contributed by atoms with Crippen LogP contribution in [0.15, 0.2) is 30.3 Å². The second-order valence-corrected chi connectivity index (χ2v) is 7.19. The Morgan fingerprint density at radius 3 is 2.17 bits per heavy atom. The van der Waals surface area contributed by atoms with Gasteiger partial charge in [-0.05, 0) is 40.2 Å². The van der Waals surface area contributed by atoms with Crippen molar-refractivity contribution in [3.63, 3.8) is 0 Å². The van der Waals surface area contributed by atoms with Gasteiger partial charge in [0.05, 0.1) is 0 Å². The molecule has 6 heteroatoms. The van der Waals surface area contributed by atoms with Crippen molar-refractivity contribution in [2.24, 2.45) is 0 Å². The maximum atomic E-state index is 12.5. The van der Waals surface area contributed by atoms with E-state index in [-0.39, 0.29) is 0 Å². The number of carbonyl (C=O) groups is 2. The Labute approximate surface area is 142 Å². The molecule has 1 fully saturated rings. The Hall–Kier alpha value is -1.92. The number of carbonyl (C=O) groups excluding carboxylic acids is 2. The number of amides is 2. The molecular weight excluding hydrogens is 310 g/mol. The Morgan fingerprint density at radius 2 is 1.67 bits per heavy atom. The van der Waals surface area contributed by atoms with Crippen LogP contribution in [0.3, 0.4) is 0 Å². The molecule has 0 unspecified atom stereocenters. The van der Waals surface area contributed by atoms with E-state index in [2.05, 4.69) is 0 Å². The van der Waals surface area contributed by atoms with E-state index in [1.54, 1.807) is 34.6 Å². The molecule has 1 aliphatic rings. The molecule has 6 nitrogen and oxygen atoms in total. The summed E-state index contributed by atoms with van der Waals surface area (Å²) in [6, 6.07) is 8.74. The van der Waals surface area contributed by atoms with Crippen molar-refractivity contribution < 1.29 is 23.8 Å². The lowest BCUT2D eigenvalue weighted by Gasteiger charge is -2.47. The highest BCUT2D eigenvalue weighted by Crippen LogP contribution is 2.40. The zero-order valence-corrected chi connectivity index (χ0v) is 15.0. The molecule has 0 saturated carbocycles. The second kappa shape index (κ2) is 6.53. The smallest absolute Gasteiger partial charge is 0.417 e. The molecule has 1 aromatic carbocycles. The Bertz CT molecular complexity index is 606. The standard InChI is InChI=1S/C18H25NO5/c1-17(2,3)24-16(21)19-13(12-10-8-7-9-11-12)14(15(19)20)23-18(4,5)22-6/h7-11,13-14H,1-6H3/t13-,14+/m0/s1. The molecule has 0 N–H and O–H groups in total. The number of hydrogen-bond donors (Lipinski definition) is 0. The van der Waals surface area contributed by atoms with Gasteiger partial charge in [0.1, 0.15) is 11.6 Å². The van der Waals surface area contributed by atoms with Gasteiger partial charge < -0.3 is 14.2 Å². The minimum absolute atomic E-state index is 0.428. The van der Waals surface area contributed by atoms with Crippen LogP contribution in [0.4, 0.5) is 4.79 Å². The first-order valence-electron chi connectivity index (χ1n) is 7.90. The molecule has 132 valence electrons. The van der Waals surface area contributed by atoms with E-state index in [9.17, 15) is 9.59 Å². The van der Waals surface area contributed by atoms with Gasteiger partial charge in [0.25, 0.3) is 5.91 Å². The molecule has 24 heavy (non-hydrogen) atoms. The molecule has 2 amide bonds. The molecule has 0 radical (unpaired) electrons. The van der Waals surface area contributed by atoms with Crippen molar-refractivity contribution in [1.29, 1.82) is 0 Å². The summed E-state index contributed by atoms with van der Waals surface area (Å²) in [5.74, 6) is -1.36. The van der Waals surface area contributed by atoms with Crippen molar-refractivity contribution in [3.05, 3.63) is 35.9 Å². The molecular formula is C18H25NO5. The van der Waals surface area contributed by atoms with Crippen LogP contribution >= 0.6 is 0 Å². The predicted molar refractivity (Wildman–Crippen MR) is 88.2 cm³/mol. The number of hydrogen-bond acceptors (Lipinski definition) is 5. The van der Waals surface area contributed by atoms with E-state index >= 15 is 0 Å². The number of β-lactam (4-membered cyclic amide) rings is 1. The first-order valence-corrected chi connectivity index (χ1v) is 7.90. The molecule has 1 heterocycles. The van der Waals surface area contributed by atoms with Gasteiger partial charge in [0.15, 0.2) is 11.9 Å². The van der Waals surface area contributed by atoms with E-state index in [1.165, 1.54) is 7.11 Å². The van der Waals surface area contributed by atoms with Gasteiger partial charge in [0, 0.05) is 7.11 Å². The van der Waals surface area contributed by atoms with E-state index in [0.717, 1.165) is 10.5 Å². The van der Waals surface area contributed by atoms with Gasteiger partial charge in [-0.15, -0.1) is 0 Å². The van der Waals surface area contributed by atoms with Crippen LogP contribution in [0, 0.1) is 0 Å². The highest BCUT2D eigenvalue weighted by molar-refractivity contribution is 6.01. The fourth-order valence-corrected chi connectivity index (χ4v) is 2.42. The van der Waals surface area contributed by atoms with Crippen LogP contribution in [0.5, 0.6) is 0 Å². The first-order chi connectivity index (χ1) is 11.1. The normalized spacial score (nSPS) is 21.4. The Morgan fingerprint density at radius 1 is 1.08 bits per heavy atom. The maximum absolute atomic E-state index is 12.5. The summed E-state index contributed by atoms with van der Waals surface area (Å²) < 4.78 is 16.4. The van der Waals surface area contributed by atoms with Gasteiger partial charge in [-0.2, -0.15) is 0 Å². The highest BCUT2D eigenvalue weighted by Gasteiger charge is 2.55. The van der Waals surface area contributed by atoms with Crippen LogP contribution in [0.1, 0.15) is 46.2 Å².